The van der Waals surface area contributed by atoms with Crippen molar-refractivity contribution < 1.29 is 23.5 Å². The summed E-state index contributed by atoms with van der Waals surface area (Å²) in [7, 11) is 0. The van der Waals surface area contributed by atoms with E-state index >= 15 is 0 Å². The minimum absolute atomic E-state index is 0.0588. The Morgan fingerprint density at radius 1 is 1.07 bits per heavy atom. The molecule has 0 N–H and O–H groups in total. The van der Waals surface area contributed by atoms with Gasteiger partial charge in [0.15, 0.2) is 0 Å². The van der Waals surface area contributed by atoms with E-state index < -0.39 is 29.3 Å². The Morgan fingerprint density at radius 2 is 1.71 bits per heavy atom. The lowest BCUT2D eigenvalue weighted by molar-refractivity contribution is -0.138. The molecule has 1 aliphatic heterocycles. The van der Waals surface area contributed by atoms with E-state index in [1.807, 2.05) is 0 Å². The Bertz CT molecular complexity index is 1180. The summed E-state index contributed by atoms with van der Waals surface area (Å²) >= 11 is 5.73. The highest BCUT2D eigenvalue weighted by Gasteiger charge is 2.41. The highest BCUT2D eigenvalue weighted by molar-refractivity contribution is 6.30. The Labute approximate surface area is 163 Å². The third-order valence-corrected chi connectivity index (χ3v) is 4.74. The zero-order valence-electron chi connectivity index (χ0n) is 14.5. The standard InChI is InChI=1S/C20H12ClNO6/c1-10(22-18(24)12-4-2-3-5-13(12)19(22)25)20(26)28-11-6-7-14-16(8-11)27-9-15(21)17(14)23/h2-10H,1H3/t10-/m1/s1. The van der Waals surface area contributed by atoms with Gasteiger partial charge in [-0.05, 0) is 31.2 Å². The number of nitrogens with zero attached hydrogens (tertiary/aromatic N) is 1. The van der Waals surface area contributed by atoms with E-state index in [4.69, 9.17) is 20.8 Å². The molecule has 140 valence electrons. The summed E-state index contributed by atoms with van der Waals surface area (Å²) in [6, 6.07) is 9.40. The van der Waals surface area contributed by atoms with Gasteiger partial charge in [-0.1, -0.05) is 23.7 Å². The minimum atomic E-state index is -1.14. The largest absolute Gasteiger partial charge is 0.462 e. The van der Waals surface area contributed by atoms with Gasteiger partial charge in [-0.2, -0.15) is 0 Å². The first-order valence-electron chi connectivity index (χ1n) is 8.28. The fourth-order valence-corrected chi connectivity index (χ4v) is 3.16. The van der Waals surface area contributed by atoms with Crippen molar-refractivity contribution in [3.63, 3.8) is 0 Å². The van der Waals surface area contributed by atoms with Crippen LogP contribution in [0.15, 0.2) is 57.9 Å². The molecule has 0 aliphatic carbocycles. The summed E-state index contributed by atoms with van der Waals surface area (Å²) in [4.78, 5) is 50.3. The molecule has 0 radical (unpaired) electrons. The number of hydrogen-bond donors (Lipinski definition) is 0. The van der Waals surface area contributed by atoms with E-state index in [9.17, 15) is 19.2 Å². The zero-order valence-corrected chi connectivity index (χ0v) is 15.2. The number of amides is 2. The highest BCUT2D eigenvalue weighted by Crippen LogP contribution is 2.26. The van der Waals surface area contributed by atoms with E-state index in [1.165, 1.54) is 37.3 Å². The van der Waals surface area contributed by atoms with Crippen molar-refractivity contribution >= 4 is 40.4 Å². The first kappa shape index (κ1) is 17.9. The maximum absolute atomic E-state index is 12.5. The van der Waals surface area contributed by atoms with Crippen LogP contribution in [-0.4, -0.2) is 28.7 Å². The van der Waals surface area contributed by atoms with Gasteiger partial charge in [0, 0.05) is 6.07 Å². The Kier molecular flexibility index (Phi) is 4.24. The molecule has 28 heavy (non-hydrogen) atoms. The molecule has 0 saturated heterocycles. The molecule has 1 aliphatic rings. The summed E-state index contributed by atoms with van der Waals surface area (Å²) in [5.74, 6) is -1.80. The number of carbonyl (C=O) groups is 3. The van der Waals surface area contributed by atoms with Gasteiger partial charge in [-0.25, -0.2) is 4.79 Å². The smallest absolute Gasteiger partial charge is 0.334 e. The van der Waals surface area contributed by atoms with Crippen LogP contribution in [0, 0.1) is 0 Å². The number of imide groups is 1. The summed E-state index contributed by atoms with van der Waals surface area (Å²) in [5, 5.41) is 0.178. The monoisotopic (exact) mass is 397 g/mol. The first-order chi connectivity index (χ1) is 13.4. The third kappa shape index (κ3) is 2.76. The van der Waals surface area contributed by atoms with Crippen molar-refractivity contribution in [1.29, 1.82) is 0 Å². The molecule has 7 nitrogen and oxygen atoms in total. The number of hydrogen-bond acceptors (Lipinski definition) is 6. The van der Waals surface area contributed by atoms with Crippen molar-refractivity contribution in [2.45, 2.75) is 13.0 Å². The lowest BCUT2D eigenvalue weighted by atomic mass is 10.1. The predicted molar refractivity (Wildman–Crippen MR) is 99.5 cm³/mol. The summed E-state index contributed by atoms with van der Waals surface area (Å²) in [6.07, 6.45) is 1.10. The molecule has 0 spiro atoms. The van der Waals surface area contributed by atoms with Crippen LogP contribution < -0.4 is 10.2 Å². The van der Waals surface area contributed by atoms with Crippen molar-refractivity contribution in [3.05, 3.63) is 75.1 Å². The van der Waals surface area contributed by atoms with Crippen LogP contribution in [0.4, 0.5) is 0 Å². The van der Waals surface area contributed by atoms with Gasteiger partial charge < -0.3 is 9.15 Å². The van der Waals surface area contributed by atoms with E-state index in [1.54, 1.807) is 12.1 Å². The van der Waals surface area contributed by atoms with E-state index in [2.05, 4.69) is 0 Å². The number of ether oxygens (including phenoxy) is 1. The molecular weight excluding hydrogens is 386 g/mol. The van der Waals surface area contributed by atoms with Gasteiger partial charge >= 0.3 is 5.97 Å². The minimum Gasteiger partial charge on any atom is -0.462 e. The molecule has 8 heteroatoms. The number of benzene rings is 2. The lowest BCUT2D eigenvalue weighted by Gasteiger charge is -2.20. The second-order valence-corrected chi connectivity index (χ2v) is 6.60. The highest BCUT2D eigenvalue weighted by atomic mass is 35.5. The maximum Gasteiger partial charge on any atom is 0.334 e. The number of fused-ring (bicyclic) bond motifs is 2. The van der Waals surface area contributed by atoms with Crippen LogP contribution in [0.25, 0.3) is 11.0 Å². The van der Waals surface area contributed by atoms with Gasteiger partial charge in [-0.3, -0.25) is 19.3 Å². The molecule has 2 amide bonds. The van der Waals surface area contributed by atoms with Gasteiger partial charge in [0.05, 0.1) is 16.5 Å². The topological polar surface area (TPSA) is 93.9 Å². The molecule has 2 heterocycles. The Balaban J connectivity index is 1.58. The second-order valence-electron chi connectivity index (χ2n) is 6.19. The van der Waals surface area contributed by atoms with Gasteiger partial charge in [0.25, 0.3) is 11.8 Å². The molecule has 1 aromatic heterocycles. The number of carbonyl (C=O) groups excluding carboxylic acids is 3. The molecule has 0 unspecified atom stereocenters. The number of rotatable bonds is 3. The normalized spacial score (nSPS) is 14.3. The first-order valence-corrected chi connectivity index (χ1v) is 8.66. The van der Waals surface area contributed by atoms with E-state index in [0.29, 0.717) is 0 Å². The lowest BCUT2D eigenvalue weighted by Crippen LogP contribution is -2.44. The SMILES string of the molecule is C[C@H](C(=O)Oc1ccc2c(=O)c(Cl)coc2c1)N1C(=O)c2ccccc2C1=O. The molecule has 0 saturated carbocycles. The van der Waals surface area contributed by atoms with Crippen LogP contribution in [0.2, 0.25) is 5.02 Å². The van der Waals surface area contributed by atoms with Crippen LogP contribution in [0.5, 0.6) is 5.75 Å². The van der Waals surface area contributed by atoms with Crippen LogP contribution >= 0.6 is 11.6 Å². The summed E-state index contributed by atoms with van der Waals surface area (Å²) in [6.45, 7) is 1.41. The molecule has 0 fully saturated rings. The number of halogens is 1. The molecular formula is C20H12ClNO6. The van der Waals surface area contributed by atoms with Crippen molar-refractivity contribution in [2.75, 3.05) is 0 Å². The van der Waals surface area contributed by atoms with Gasteiger partial charge in [0.2, 0.25) is 5.43 Å². The quantitative estimate of drug-likeness (QED) is 0.383. The summed E-state index contributed by atoms with van der Waals surface area (Å²) in [5.41, 5.74) is 0.279. The van der Waals surface area contributed by atoms with E-state index in [0.717, 1.165) is 11.2 Å². The predicted octanol–water partition coefficient (Wildman–Crippen LogP) is 3.04. The average molecular weight is 398 g/mol. The maximum atomic E-state index is 12.5. The van der Waals surface area contributed by atoms with Gasteiger partial charge in [-0.15, -0.1) is 0 Å². The fraction of sp³-hybridized carbons (Fsp3) is 0.100. The molecule has 4 rings (SSSR count). The average Bonchev–Trinajstić information content (AvgIpc) is 2.95. The van der Waals surface area contributed by atoms with Crippen LogP contribution in [-0.2, 0) is 4.79 Å². The molecule has 1 atom stereocenters. The zero-order chi connectivity index (χ0) is 20.0. The molecule has 3 aromatic rings. The fourth-order valence-electron chi connectivity index (χ4n) is 3.02. The second kappa shape index (κ2) is 6.61. The van der Waals surface area contributed by atoms with Crippen molar-refractivity contribution in [2.24, 2.45) is 0 Å². The van der Waals surface area contributed by atoms with Crippen molar-refractivity contribution in [3.8, 4) is 5.75 Å². The van der Waals surface area contributed by atoms with Crippen molar-refractivity contribution in [1.82, 2.24) is 4.90 Å². The Morgan fingerprint density at radius 3 is 2.36 bits per heavy atom. The third-order valence-electron chi connectivity index (χ3n) is 4.48. The summed E-state index contributed by atoms with van der Waals surface area (Å²) < 4.78 is 10.5. The van der Waals surface area contributed by atoms with Crippen LogP contribution in [0.1, 0.15) is 27.6 Å². The van der Waals surface area contributed by atoms with Gasteiger partial charge in [0.1, 0.15) is 28.7 Å². The number of esters is 1. The van der Waals surface area contributed by atoms with Crippen LogP contribution in [0.3, 0.4) is 0 Å². The Hall–Kier alpha value is -3.45. The molecule has 0 bridgehead atoms. The molecule has 2 aromatic carbocycles. The van der Waals surface area contributed by atoms with E-state index in [-0.39, 0.29) is 32.9 Å².